The molecule has 2 aromatic rings. The van der Waals surface area contributed by atoms with E-state index in [1.807, 2.05) is 0 Å². The minimum Gasteiger partial charge on any atom is -0.386 e. The molecule has 52 heavy (non-hydrogen) atoms. The summed E-state index contributed by atoms with van der Waals surface area (Å²) in [5.41, 5.74) is 4.45. The molecule has 0 aliphatic carbocycles. The van der Waals surface area contributed by atoms with Crippen LogP contribution >= 0.6 is 35.2 Å². The van der Waals surface area contributed by atoms with Crippen molar-refractivity contribution in [3.8, 4) is 0 Å². The number of aliphatic hydroxyl groups excluding tert-OH is 2. The molecule has 9 N–H and O–H groups in total. The zero-order valence-electron chi connectivity index (χ0n) is 27.7. The zero-order chi connectivity index (χ0) is 38.6. The van der Waals surface area contributed by atoms with Gasteiger partial charge in [0.05, 0.1) is 24.2 Å². The van der Waals surface area contributed by atoms with Gasteiger partial charge in [0.2, 0.25) is 11.8 Å². The maximum atomic E-state index is 13.0. The van der Waals surface area contributed by atoms with Crippen molar-refractivity contribution >= 4 is 69.1 Å². The largest absolute Gasteiger partial charge is 0.748 e. The summed E-state index contributed by atoms with van der Waals surface area (Å²) in [6.07, 6.45) is -5.95. The fourth-order valence-corrected chi connectivity index (χ4v) is 9.00. The van der Waals surface area contributed by atoms with Crippen molar-refractivity contribution in [1.29, 1.82) is 0 Å². The predicted molar refractivity (Wildman–Crippen MR) is 176 cm³/mol. The summed E-state index contributed by atoms with van der Waals surface area (Å²) < 4.78 is 64.9. The molecule has 2 saturated heterocycles. The van der Waals surface area contributed by atoms with Crippen molar-refractivity contribution in [1.82, 2.24) is 30.2 Å². The van der Waals surface area contributed by atoms with Gasteiger partial charge >= 0.3 is 23.5 Å². The first kappa shape index (κ1) is 42.3. The number of thioether (sulfide) groups is 1. The van der Waals surface area contributed by atoms with Gasteiger partial charge in [-0.25, -0.2) is 28.6 Å². The molecule has 28 heteroatoms. The molecule has 2 amide bonds. The van der Waals surface area contributed by atoms with Crippen molar-refractivity contribution in [3.63, 3.8) is 0 Å². The van der Waals surface area contributed by atoms with Gasteiger partial charge in [0.1, 0.15) is 36.3 Å². The molecule has 0 spiro atoms. The summed E-state index contributed by atoms with van der Waals surface area (Å²) in [6.45, 7) is 2.78. The number of aliphatic hydroxyl groups is 2. The van der Waals surface area contributed by atoms with Gasteiger partial charge in [-0.3, -0.25) is 28.4 Å². The lowest BCUT2D eigenvalue weighted by atomic mass is 9.87. The Morgan fingerprint density at radius 1 is 1.19 bits per heavy atom. The maximum Gasteiger partial charge on any atom is 0.748 e. The number of nitrogens with two attached hydrogens (primary N) is 1. The quantitative estimate of drug-likeness (QED) is 0.0293. The normalized spacial score (nSPS) is 25.5. The van der Waals surface area contributed by atoms with Gasteiger partial charge in [-0.2, -0.15) is 9.13 Å². The van der Waals surface area contributed by atoms with Crippen LogP contribution in [0.3, 0.4) is 0 Å². The van der Waals surface area contributed by atoms with Gasteiger partial charge in [0.15, 0.2) is 22.8 Å². The van der Waals surface area contributed by atoms with E-state index in [0.29, 0.717) is 12.2 Å². The summed E-state index contributed by atoms with van der Waals surface area (Å²) in [5, 5.41) is 26.4. The lowest BCUT2D eigenvalue weighted by Crippen LogP contribution is -2.46. The van der Waals surface area contributed by atoms with Crippen LogP contribution in [0.2, 0.25) is 0 Å². The van der Waals surface area contributed by atoms with Gasteiger partial charge in [-0.15, -0.1) is 0 Å². The molecule has 7 atom stereocenters. The number of aromatic nitrogens is 4. The van der Waals surface area contributed by atoms with Crippen LogP contribution in [0.15, 0.2) is 12.7 Å². The summed E-state index contributed by atoms with van der Waals surface area (Å²) in [6, 6.07) is 0. The molecule has 0 saturated carbocycles. The van der Waals surface area contributed by atoms with Crippen molar-refractivity contribution in [3.05, 3.63) is 12.7 Å². The number of ether oxygens (including phenoxy) is 1. The highest BCUT2D eigenvalue weighted by Gasteiger charge is 2.80. The highest BCUT2D eigenvalue weighted by molar-refractivity contribution is 8.13. The minimum atomic E-state index is -5.26. The number of phosphoric ester groups is 1. The number of carbonyl (C=O) groups excluding carboxylic acids is 3. The topological polar surface area (TPSA) is 349 Å². The van der Waals surface area contributed by atoms with Crippen LogP contribution in [0.1, 0.15) is 39.8 Å². The van der Waals surface area contributed by atoms with Crippen LogP contribution < -0.4 is 16.4 Å². The lowest BCUT2D eigenvalue weighted by Gasteiger charge is -2.28. The van der Waals surface area contributed by atoms with E-state index in [4.69, 9.17) is 24.0 Å². The number of carbonyl (C=O) groups is 3. The fourth-order valence-electron chi connectivity index (χ4n) is 4.56. The monoisotopic (exact) mass is 822 g/mol. The van der Waals surface area contributed by atoms with E-state index in [1.54, 1.807) is 6.92 Å². The van der Waals surface area contributed by atoms with Gasteiger partial charge in [0.25, 0.3) is 0 Å². The zero-order valence-corrected chi connectivity index (χ0v) is 31.2. The molecule has 2 fully saturated rings. The van der Waals surface area contributed by atoms with E-state index < -0.39 is 84.6 Å². The first-order chi connectivity index (χ1) is 24.2. The first-order valence-corrected chi connectivity index (χ1v) is 20.7. The van der Waals surface area contributed by atoms with Crippen LogP contribution in [0.25, 0.3) is 11.2 Å². The molecule has 4 rings (SSSR count). The Morgan fingerprint density at radius 3 is 2.58 bits per heavy atom. The number of anilines is 1. The second kappa shape index (κ2) is 16.9. The number of hydrogen-bond donors (Lipinski definition) is 8. The van der Waals surface area contributed by atoms with Gasteiger partial charge in [-0.05, 0) is 0 Å². The molecule has 2 aromatic heterocycles. The SMILES string of the molecule is CCC(=O)SCCNC(=O)CCNC(=O)[C@@H](O)C(C)(C)COP(=O)(O)[O+]1O[P@@]1(=O)OC[C@H]1O[C@@H](n2cnc3c(N)ncnc32)[C@H](O)[C@@H]1OP(=O)(O)O. The molecule has 1 unspecified atom stereocenters. The predicted octanol–water partition coefficient (Wildman–Crippen LogP) is -0.437. The Hall–Kier alpha value is -2.44. The van der Waals surface area contributed by atoms with Crippen molar-refractivity contribution < 1.29 is 80.0 Å². The van der Waals surface area contributed by atoms with E-state index in [0.717, 1.165) is 28.5 Å². The number of nitrogen functional groups attached to an aromatic ring is 1. The van der Waals surface area contributed by atoms with Crippen LogP contribution in [0.4, 0.5) is 5.82 Å². The summed E-state index contributed by atoms with van der Waals surface area (Å²) in [7, 11) is -15.1. The molecule has 4 heterocycles. The Balaban J connectivity index is 1.28. The Morgan fingerprint density at radius 2 is 1.90 bits per heavy atom. The Labute approximate surface area is 299 Å². The second-order valence-electron chi connectivity index (χ2n) is 11.8. The molecule has 292 valence electrons. The van der Waals surface area contributed by atoms with E-state index in [-0.39, 0.29) is 41.6 Å². The highest BCUT2D eigenvalue weighted by atomic mass is 32.2. The van der Waals surface area contributed by atoms with E-state index >= 15 is 0 Å². The fraction of sp³-hybridized carbons (Fsp3) is 0.667. The smallest absolute Gasteiger partial charge is 0.386 e. The number of hydrogen-bond acceptors (Lipinski definition) is 18. The lowest BCUT2D eigenvalue weighted by molar-refractivity contribution is -0.137. The maximum absolute atomic E-state index is 13.0. The number of imidazole rings is 1. The first-order valence-electron chi connectivity index (χ1n) is 15.3. The molecule has 0 aromatic carbocycles. The second-order valence-corrected chi connectivity index (χ2v) is 17.6. The molecule has 2 aliphatic rings. The number of nitrogens with one attached hydrogen (secondary N) is 2. The van der Waals surface area contributed by atoms with E-state index in [2.05, 4.69) is 30.3 Å². The molecular weight excluding hydrogens is 783 g/mol. The van der Waals surface area contributed by atoms with Crippen LogP contribution in [0, 0.1) is 5.41 Å². The number of rotatable bonds is 19. The molecule has 0 radical (unpaired) electrons. The minimum absolute atomic E-state index is 0.0105. The van der Waals surface area contributed by atoms with Gasteiger partial charge in [0, 0.05) is 37.1 Å². The van der Waals surface area contributed by atoms with Crippen molar-refractivity contribution in [2.24, 2.45) is 5.41 Å². The Kier molecular flexibility index (Phi) is 13.8. The van der Waals surface area contributed by atoms with E-state index in [9.17, 15) is 53.0 Å². The average Bonchev–Trinajstić information content (AvgIpc) is 3.43. The van der Waals surface area contributed by atoms with Crippen molar-refractivity contribution in [2.75, 3.05) is 37.8 Å². The van der Waals surface area contributed by atoms with Crippen LogP contribution in [0.5, 0.6) is 0 Å². The highest BCUT2D eigenvalue weighted by Crippen LogP contribution is 2.86. The molecule has 24 nitrogen and oxygen atoms in total. The third-order valence-electron chi connectivity index (χ3n) is 7.37. The number of phosphoric acid groups is 1. The Bertz CT molecular complexity index is 1780. The summed E-state index contributed by atoms with van der Waals surface area (Å²) in [4.78, 5) is 76.8. The molecule has 0 bridgehead atoms. The standard InChI is InChI=1S/C24H38N7O17P3S/c1-4-15(33)52-8-7-26-14(32)5-6-27-22(36)19(35)24(2,3)10-44-50(40,41)48-47-51(48,42)43-9-13-18(46-49(37,38)39)17(34)23(45-13)31-12-30-16-20(25)28-11-29-21(16)31/h11-13,17-19,23,34-35H,4-10H2,1-3H3,(H6-,25,26,27,28,29,32,36,37,38,39,40,41)/p+1/t13-,17-,18-,19-,23-,51-/m1/s1. The number of nitrogens with zero attached hydrogens (tertiary/aromatic N) is 4. The number of fused-ring (bicyclic) bond motifs is 1. The van der Waals surface area contributed by atoms with Crippen molar-refractivity contribution in [2.45, 2.75) is 64.3 Å². The summed E-state index contributed by atoms with van der Waals surface area (Å²) >= 11 is 1.08. The van der Waals surface area contributed by atoms with Crippen LogP contribution in [-0.4, -0.2) is 118 Å². The number of amides is 2. The summed E-state index contributed by atoms with van der Waals surface area (Å²) in [5.74, 6) is -0.950. The third kappa shape index (κ3) is 10.6. The van der Waals surface area contributed by atoms with Crippen LogP contribution in [-0.2, 0) is 55.2 Å². The van der Waals surface area contributed by atoms with E-state index in [1.165, 1.54) is 18.4 Å². The average molecular weight is 823 g/mol. The van der Waals surface area contributed by atoms with Gasteiger partial charge in [-0.1, -0.05) is 36.6 Å². The third-order valence-corrected chi connectivity index (χ3v) is 12.3. The van der Waals surface area contributed by atoms with Gasteiger partial charge < -0.3 is 41.1 Å². The molecular formula is C24H39N7O17P3S+. The molecule has 2 aliphatic heterocycles.